The lowest BCUT2D eigenvalue weighted by atomic mass is 9.94. The molecule has 2 heteroatoms. The molecule has 11 aromatic rings. The fourth-order valence-corrected chi connectivity index (χ4v) is 8.77. The van der Waals surface area contributed by atoms with Gasteiger partial charge in [0, 0.05) is 27.8 Å². The quantitative estimate of drug-likeness (QED) is 0.156. The molecule has 10 aromatic carbocycles. The van der Waals surface area contributed by atoms with Crippen LogP contribution in [-0.4, -0.2) is 4.57 Å². The molecule has 0 N–H and O–H groups in total. The standard InChI is InChI=1S/C54H36N2/c1-2-19-43(20-3-1)56-51-27-9-8-24-50(51)54-52(28-13-29-53(54)56)55(44-21-10-17-40(35-44)41-31-30-37-14-4-5-16-39(37)34-41)45-22-11-18-42(36-45)47-25-12-26-48-46-23-7-6-15-38(46)32-33-49(47)48/h1-36H. The Labute approximate surface area is 325 Å². The molecule has 0 saturated carbocycles. The van der Waals surface area contributed by atoms with Gasteiger partial charge in [0.15, 0.2) is 0 Å². The van der Waals surface area contributed by atoms with Gasteiger partial charge in [-0.2, -0.15) is 0 Å². The predicted molar refractivity (Wildman–Crippen MR) is 239 cm³/mol. The van der Waals surface area contributed by atoms with E-state index in [0.29, 0.717) is 0 Å². The van der Waals surface area contributed by atoms with Crippen LogP contribution in [0.2, 0.25) is 0 Å². The van der Waals surface area contributed by atoms with E-state index in [1.165, 1.54) is 76.4 Å². The van der Waals surface area contributed by atoms with Gasteiger partial charge in [0.05, 0.1) is 16.7 Å². The number of fused-ring (bicyclic) bond motifs is 7. The van der Waals surface area contributed by atoms with Gasteiger partial charge in [0.1, 0.15) is 0 Å². The number of nitrogens with zero attached hydrogens (tertiary/aromatic N) is 2. The summed E-state index contributed by atoms with van der Waals surface area (Å²) >= 11 is 0. The van der Waals surface area contributed by atoms with E-state index in [1.54, 1.807) is 0 Å². The lowest BCUT2D eigenvalue weighted by molar-refractivity contribution is 1.18. The van der Waals surface area contributed by atoms with Gasteiger partial charge in [-0.1, -0.05) is 158 Å². The lowest BCUT2D eigenvalue weighted by Gasteiger charge is -2.27. The number of hydrogen-bond donors (Lipinski definition) is 0. The number of para-hydroxylation sites is 2. The largest absolute Gasteiger partial charge is 0.310 e. The van der Waals surface area contributed by atoms with E-state index in [4.69, 9.17) is 0 Å². The normalized spacial score (nSPS) is 11.6. The number of anilines is 3. The molecule has 0 aliphatic heterocycles. The van der Waals surface area contributed by atoms with E-state index >= 15 is 0 Å². The summed E-state index contributed by atoms with van der Waals surface area (Å²) in [4.78, 5) is 2.46. The first-order valence-corrected chi connectivity index (χ1v) is 19.3. The molecule has 56 heavy (non-hydrogen) atoms. The highest BCUT2D eigenvalue weighted by Crippen LogP contribution is 2.45. The summed E-state index contributed by atoms with van der Waals surface area (Å²) in [6.07, 6.45) is 0. The van der Waals surface area contributed by atoms with Crippen LogP contribution in [0.3, 0.4) is 0 Å². The van der Waals surface area contributed by atoms with Crippen LogP contribution in [0.5, 0.6) is 0 Å². The molecule has 1 heterocycles. The minimum Gasteiger partial charge on any atom is -0.310 e. The number of hydrogen-bond acceptors (Lipinski definition) is 1. The summed E-state index contributed by atoms with van der Waals surface area (Å²) in [5.74, 6) is 0. The summed E-state index contributed by atoms with van der Waals surface area (Å²) in [5, 5.41) is 9.96. The Morgan fingerprint density at radius 3 is 1.79 bits per heavy atom. The van der Waals surface area contributed by atoms with Gasteiger partial charge >= 0.3 is 0 Å². The molecule has 0 bridgehead atoms. The third-order valence-corrected chi connectivity index (χ3v) is 11.3. The maximum atomic E-state index is 2.46. The Morgan fingerprint density at radius 1 is 0.321 bits per heavy atom. The van der Waals surface area contributed by atoms with Crippen LogP contribution in [0.25, 0.3) is 82.1 Å². The molecule has 0 aliphatic carbocycles. The third kappa shape index (κ3) is 5.26. The van der Waals surface area contributed by atoms with Crippen molar-refractivity contribution in [2.45, 2.75) is 0 Å². The summed E-state index contributed by atoms with van der Waals surface area (Å²) in [7, 11) is 0. The first kappa shape index (κ1) is 32.0. The fraction of sp³-hybridized carbons (Fsp3) is 0. The van der Waals surface area contributed by atoms with Gasteiger partial charge in [-0.25, -0.2) is 0 Å². The Balaban J connectivity index is 1.16. The molecule has 0 unspecified atom stereocenters. The van der Waals surface area contributed by atoms with E-state index in [9.17, 15) is 0 Å². The molecule has 2 nitrogen and oxygen atoms in total. The molecule has 1 aromatic heterocycles. The van der Waals surface area contributed by atoms with Gasteiger partial charge in [0.25, 0.3) is 0 Å². The zero-order valence-electron chi connectivity index (χ0n) is 30.7. The van der Waals surface area contributed by atoms with E-state index in [-0.39, 0.29) is 0 Å². The van der Waals surface area contributed by atoms with Gasteiger partial charge < -0.3 is 9.47 Å². The first-order valence-electron chi connectivity index (χ1n) is 19.3. The van der Waals surface area contributed by atoms with Crippen molar-refractivity contribution in [2.75, 3.05) is 4.90 Å². The SMILES string of the molecule is c1ccc(-n2c3ccccc3c3c(N(c4cccc(-c5ccc6ccccc6c5)c4)c4cccc(-c5cccc6c5ccc5ccccc56)c4)cccc32)cc1. The number of rotatable bonds is 6. The average molecular weight is 713 g/mol. The average Bonchev–Trinajstić information content (AvgIpc) is 3.62. The molecule has 0 atom stereocenters. The van der Waals surface area contributed by atoms with Crippen molar-refractivity contribution < 1.29 is 0 Å². The number of benzene rings is 10. The summed E-state index contributed by atoms with van der Waals surface area (Å²) in [6, 6.07) is 79.6. The molecule has 262 valence electrons. The van der Waals surface area contributed by atoms with E-state index in [0.717, 1.165) is 22.7 Å². The zero-order valence-corrected chi connectivity index (χ0v) is 30.7. The Bertz CT molecular complexity index is 3260. The van der Waals surface area contributed by atoms with Crippen LogP contribution in [-0.2, 0) is 0 Å². The van der Waals surface area contributed by atoms with Gasteiger partial charge in [-0.05, 0) is 115 Å². The van der Waals surface area contributed by atoms with Crippen molar-refractivity contribution >= 4 is 71.2 Å². The van der Waals surface area contributed by atoms with Crippen molar-refractivity contribution in [3.05, 3.63) is 218 Å². The van der Waals surface area contributed by atoms with Crippen molar-refractivity contribution in [3.63, 3.8) is 0 Å². The van der Waals surface area contributed by atoms with Crippen molar-refractivity contribution in [1.29, 1.82) is 0 Å². The van der Waals surface area contributed by atoms with Crippen LogP contribution in [0.1, 0.15) is 0 Å². The molecular formula is C54H36N2. The Kier molecular flexibility index (Phi) is 7.53. The maximum Gasteiger partial charge on any atom is 0.0562 e. The van der Waals surface area contributed by atoms with E-state index < -0.39 is 0 Å². The summed E-state index contributed by atoms with van der Waals surface area (Å²) in [5.41, 5.74) is 11.6. The van der Waals surface area contributed by atoms with E-state index in [2.05, 4.69) is 228 Å². The molecular weight excluding hydrogens is 677 g/mol. The van der Waals surface area contributed by atoms with E-state index in [1.807, 2.05) is 0 Å². The smallest absolute Gasteiger partial charge is 0.0562 e. The second-order valence-corrected chi connectivity index (χ2v) is 14.5. The van der Waals surface area contributed by atoms with Crippen molar-refractivity contribution in [3.8, 4) is 27.9 Å². The number of aromatic nitrogens is 1. The van der Waals surface area contributed by atoms with Gasteiger partial charge in [-0.3, -0.25) is 0 Å². The molecule has 0 amide bonds. The fourth-order valence-electron chi connectivity index (χ4n) is 8.77. The second kappa shape index (κ2) is 13.2. The van der Waals surface area contributed by atoms with Crippen LogP contribution in [0.15, 0.2) is 218 Å². The summed E-state index contributed by atoms with van der Waals surface area (Å²) in [6.45, 7) is 0. The van der Waals surface area contributed by atoms with Gasteiger partial charge in [0.2, 0.25) is 0 Å². The first-order chi connectivity index (χ1) is 27.8. The van der Waals surface area contributed by atoms with Crippen molar-refractivity contribution in [2.24, 2.45) is 0 Å². The monoisotopic (exact) mass is 712 g/mol. The maximum absolute atomic E-state index is 2.46. The topological polar surface area (TPSA) is 8.17 Å². The molecule has 0 aliphatic rings. The highest BCUT2D eigenvalue weighted by molar-refractivity contribution is 6.17. The van der Waals surface area contributed by atoms with Crippen LogP contribution in [0, 0.1) is 0 Å². The minimum absolute atomic E-state index is 1.10. The Hall–Kier alpha value is -7.42. The minimum atomic E-state index is 1.10. The van der Waals surface area contributed by atoms with Crippen LogP contribution < -0.4 is 4.90 Å². The predicted octanol–water partition coefficient (Wildman–Crippen LogP) is 15.0. The van der Waals surface area contributed by atoms with Crippen LogP contribution in [0.4, 0.5) is 17.1 Å². The third-order valence-electron chi connectivity index (χ3n) is 11.3. The second-order valence-electron chi connectivity index (χ2n) is 14.5. The summed E-state index contributed by atoms with van der Waals surface area (Å²) < 4.78 is 2.40. The lowest BCUT2D eigenvalue weighted by Crippen LogP contribution is -2.10. The Morgan fingerprint density at radius 2 is 0.929 bits per heavy atom. The van der Waals surface area contributed by atoms with Gasteiger partial charge in [-0.15, -0.1) is 0 Å². The molecule has 0 spiro atoms. The molecule has 0 fully saturated rings. The molecule has 0 radical (unpaired) electrons. The molecule has 0 saturated heterocycles. The highest BCUT2D eigenvalue weighted by Gasteiger charge is 2.22. The van der Waals surface area contributed by atoms with Crippen molar-refractivity contribution in [1.82, 2.24) is 4.57 Å². The highest BCUT2D eigenvalue weighted by atomic mass is 15.1. The molecule has 11 rings (SSSR count). The zero-order chi connectivity index (χ0) is 37.0. The van der Waals surface area contributed by atoms with Crippen LogP contribution >= 0.6 is 0 Å².